The van der Waals surface area contributed by atoms with Gasteiger partial charge in [0, 0.05) is 136 Å². The molecular formula is C53H77N10O6S3+. The summed E-state index contributed by atoms with van der Waals surface area (Å²) in [6, 6.07) is 16.5. The summed E-state index contributed by atoms with van der Waals surface area (Å²) in [7, 11) is -15.1. The highest BCUT2D eigenvalue weighted by Gasteiger charge is 2.38. The highest BCUT2D eigenvalue weighted by atomic mass is 32.3. The van der Waals surface area contributed by atoms with Crippen molar-refractivity contribution in [2.75, 3.05) is 49.1 Å². The predicted octanol–water partition coefficient (Wildman–Crippen LogP) is 9.92. The molecule has 0 unspecified atom stereocenters. The molecule has 0 atom stereocenters. The van der Waals surface area contributed by atoms with Crippen molar-refractivity contribution in [3.63, 3.8) is 0 Å². The van der Waals surface area contributed by atoms with Crippen LogP contribution in [0.3, 0.4) is 0 Å². The minimum absolute atomic E-state index is 0.380. The van der Waals surface area contributed by atoms with Crippen LogP contribution in [0.4, 0.5) is 22.7 Å². The number of unbranched alkanes of at least 4 members (excludes halogenated alkanes) is 6. The zero-order valence-electron chi connectivity index (χ0n) is 43.4. The number of imidazole rings is 3. The standard InChI is InChI=1S/C43H68N4.C10H9N6O6S3/c1-8-14-30-44(31-15-9-2)38-20-24-40(25-21-38)47(41-26-22-39(23-27-41)45(32-16-10-3)33-17-11-4)43-29-28-42(36-37(43)7)46(34-18-12-5)35-19-13-6;17-23(18,14-4-1-11-7-14)10(24(19,20)15-5-2-12-8-15)25(21,22)16-6-3-13-9-16/h20-29,36H,8-19,30-35H2,1-7H3;1-9H/q+2;-1. The third-order valence-electron chi connectivity index (χ3n) is 12.3. The van der Waals surface area contributed by atoms with E-state index in [-0.39, 0.29) is 0 Å². The summed E-state index contributed by atoms with van der Waals surface area (Å²) in [6.07, 6.45) is 32.3. The number of rotatable bonds is 28. The van der Waals surface area contributed by atoms with E-state index in [9.17, 15) is 25.3 Å². The van der Waals surface area contributed by atoms with Crippen LogP contribution in [0.25, 0.3) is 0 Å². The molecule has 0 saturated heterocycles. The zero-order chi connectivity index (χ0) is 52.2. The molecule has 72 heavy (non-hydrogen) atoms. The maximum absolute atomic E-state index is 12.7. The average Bonchev–Trinajstić information content (AvgIpc) is 4.22. The second-order valence-electron chi connectivity index (χ2n) is 17.9. The van der Waals surface area contributed by atoms with Gasteiger partial charge in [0.15, 0.2) is 5.71 Å². The number of anilines is 2. The highest BCUT2D eigenvalue weighted by molar-refractivity contribution is 8.27. The summed E-state index contributed by atoms with van der Waals surface area (Å²) in [5.41, 5.74) is 9.02. The Morgan fingerprint density at radius 3 is 1.24 bits per heavy atom. The van der Waals surface area contributed by atoms with Gasteiger partial charge in [-0.3, -0.25) is 11.9 Å². The first kappa shape index (κ1) is 57.2. The molecule has 3 aromatic heterocycles. The molecule has 0 amide bonds. The minimum atomic E-state index is -5.03. The molecule has 0 spiro atoms. The first-order valence-electron chi connectivity index (χ1n) is 25.6. The summed E-state index contributed by atoms with van der Waals surface area (Å²) in [5.74, 6) is 0. The second-order valence-corrected chi connectivity index (χ2v) is 24.0. The molecule has 0 aliphatic heterocycles. The van der Waals surface area contributed by atoms with Crippen molar-refractivity contribution in [3.05, 3.63) is 132 Å². The summed E-state index contributed by atoms with van der Waals surface area (Å²) in [6.45, 7) is 22.8. The number of hydrogen-bond donors (Lipinski definition) is 0. The molecule has 3 heterocycles. The van der Waals surface area contributed by atoms with E-state index in [0.29, 0.717) is 11.9 Å². The van der Waals surface area contributed by atoms with E-state index in [4.69, 9.17) is 0 Å². The molecule has 1 aliphatic carbocycles. The third-order valence-corrected chi connectivity index (χ3v) is 19.7. The number of hydrogen-bond acceptors (Lipinski definition) is 11. The summed E-state index contributed by atoms with van der Waals surface area (Å²) < 4.78 is 80.9. The second kappa shape index (κ2) is 28.0. The van der Waals surface area contributed by atoms with Crippen molar-refractivity contribution in [2.45, 2.75) is 126 Å². The molecule has 5 aromatic rings. The van der Waals surface area contributed by atoms with Gasteiger partial charge in [0.05, 0.1) is 0 Å². The summed E-state index contributed by atoms with van der Waals surface area (Å²) in [5, 5.41) is 0. The van der Waals surface area contributed by atoms with Gasteiger partial charge in [-0.15, -0.1) is 0 Å². The lowest BCUT2D eigenvalue weighted by molar-refractivity contribution is -0.527. The fourth-order valence-electron chi connectivity index (χ4n) is 8.17. The summed E-state index contributed by atoms with van der Waals surface area (Å²) in [4.78, 5) is 15.7. The lowest BCUT2D eigenvalue weighted by Gasteiger charge is -2.29. The fourth-order valence-corrected chi connectivity index (χ4v) is 14.6. The van der Waals surface area contributed by atoms with Crippen LogP contribution in [0.2, 0.25) is 0 Å². The average molecular weight is 1050 g/mol. The van der Waals surface area contributed by atoms with Gasteiger partial charge in [-0.1, -0.05) is 80.1 Å². The SMILES string of the molecule is CCCCN(CCCC)c1ccc([N+](=C2C=CC(=[N+](CCCC)CCCC)C=C2)c2ccc(N(CCCC)CCCC)cc2C)cc1.O=S(=O)([C-](S(=O)(=O)n1ccnc1)S(=O)(=O)n1ccnc1)n1ccnc1. The van der Waals surface area contributed by atoms with Crippen LogP contribution >= 0.6 is 0 Å². The van der Waals surface area contributed by atoms with E-state index in [1.54, 1.807) is 0 Å². The molecule has 0 saturated carbocycles. The molecule has 1 aliphatic rings. The third kappa shape index (κ3) is 14.7. The monoisotopic (exact) mass is 1050 g/mol. The molecular weight excluding hydrogens is 969 g/mol. The molecule has 6 rings (SSSR count). The Kier molecular flexibility index (Phi) is 22.2. The van der Waals surface area contributed by atoms with Crippen LogP contribution in [0.5, 0.6) is 0 Å². The van der Waals surface area contributed by atoms with E-state index in [1.165, 1.54) is 117 Å². The Morgan fingerprint density at radius 1 is 0.500 bits per heavy atom. The predicted molar refractivity (Wildman–Crippen MR) is 294 cm³/mol. The quantitative estimate of drug-likeness (QED) is 0.0266. The van der Waals surface area contributed by atoms with Crippen LogP contribution in [0, 0.1) is 10.8 Å². The van der Waals surface area contributed by atoms with Crippen molar-refractivity contribution in [2.24, 2.45) is 0 Å². The molecule has 0 bridgehead atoms. The van der Waals surface area contributed by atoms with Crippen LogP contribution < -0.4 is 14.4 Å². The Bertz CT molecular complexity index is 2700. The van der Waals surface area contributed by atoms with Gasteiger partial charge in [-0.05, 0) is 56.9 Å². The minimum Gasteiger partial charge on any atom is -0.372 e. The maximum Gasteiger partial charge on any atom is 0.214 e. The van der Waals surface area contributed by atoms with Gasteiger partial charge in [-0.2, -0.15) is 4.58 Å². The highest BCUT2D eigenvalue weighted by Crippen LogP contribution is 2.32. The summed E-state index contributed by atoms with van der Waals surface area (Å²) >= 11 is 0. The van der Waals surface area contributed by atoms with Crippen LogP contribution in [-0.4, -0.2) is 107 Å². The Labute approximate surface area is 430 Å². The lowest BCUT2D eigenvalue weighted by atomic mass is 10.1. The van der Waals surface area contributed by atoms with Gasteiger partial charge in [0.25, 0.3) is 0 Å². The molecule has 0 fully saturated rings. The largest absolute Gasteiger partial charge is 0.372 e. The zero-order valence-corrected chi connectivity index (χ0v) is 45.9. The van der Waals surface area contributed by atoms with E-state index in [0.717, 1.165) is 95.4 Å². The van der Waals surface area contributed by atoms with Crippen molar-refractivity contribution < 1.29 is 29.8 Å². The van der Waals surface area contributed by atoms with Crippen molar-refractivity contribution in [1.29, 1.82) is 0 Å². The normalized spacial score (nSPS) is 12.8. The maximum atomic E-state index is 12.7. The van der Waals surface area contributed by atoms with Crippen LogP contribution in [0.1, 0.15) is 124 Å². The van der Waals surface area contributed by atoms with Gasteiger partial charge in [-0.25, -0.2) is 44.8 Å². The van der Waals surface area contributed by atoms with Crippen molar-refractivity contribution in [1.82, 2.24) is 31.4 Å². The lowest BCUT2D eigenvalue weighted by Crippen LogP contribution is -2.38. The van der Waals surface area contributed by atoms with E-state index in [2.05, 4.69) is 149 Å². The van der Waals surface area contributed by atoms with Crippen molar-refractivity contribution in [3.8, 4) is 0 Å². The Balaban J connectivity index is 0.000000321. The van der Waals surface area contributed by atoms with Gasteiger partial charge < -0.3 is 9.80 Å². The molecule has 0 radical (unpaired) electrons. The van der Waals surface area contributed by atoms with E-state index >= 15 is 0 Å². The van der Waals surface area contributed by atoms with E-state index in [1.807, 2.05) is 0 Å². The Hall–Kier alpha value is -5.66. The molecule has 392 valence electrons. The van der Waals surface area contributed by atoms with Gasteiger partial charge >= 0.3 is 0 Å². The smallest absolute Gasteiger partial charge is 0.214 e. The molecule has 16 nitrogen and oxygen atoms in total. The van der Waals surface area contributed by atoms with Crippen molar-refractivity contribution >= 4 is 64.2 Å². The molecule has 19 heteroatoms. The van der Waals surface area contributed by atoms with Gasteiger partial charge in [0.1, 0.15) is 66.1 Å². The van der Waals surface area contributed by atoms with Gasteiger partial charge in [0.2, 0.25) is 17.1 Å². The molecule has 2 aromatic carbocycles. The number of aryl methyl sites for hydroxylation is 1. The first-order chi connectivity index (χ1) is 34.7. The first-order valence-corrected chi connectivity index (χ1v) is 29.9. The van der Waals surface area contributed by atoms with E-state index < -0.39 is 34.0 Å². The Morgan fingerprint density at radius 2 is 0.875 bits per heavy atom. The number of nitrogens with zero attached hydrogens (tertiary/aromatic N) is 10. The topological polar surface area (TPSA) is 168 Å². The van der Waals surface area contributed by atoms with Crippen LogP contribution in [0.15, 0.2) is 123 Å². The number of aromatic nitrogens is 6. The fraction of sp³-hybridized carbons (Fsp3) is 0.472. The number of benzene rings is 2. The van der Waals surface area contributed by atoms with Crippen LogP contribution in [-0.2, 0) is 30.1 Å². The molecule has 0 N–H and O–H groups in total. The number of allylic oxidation sites excluding steroid dienone is 4.